The Labute approximate surface area is 177 Å². The molecule has 0 saturated heterocycles. The van der Waals surface area contributed by atoms with Crippen LogP contribution in [0.15, 0.2) is 46.4 Å². The number of nitrogens with zero attached hydrogens (tertiary/aromatic N) is 1. The van der Waals surface area contributed by atoms with E-state index in [1.165, 1.54) is 32.6 Å². The van der Waals surface area contributed by atoms with Crippen LogP contribution >= 0.6 is 0 Å². The van der Waals surface area contributed by atoms with Crippen LogP contribution in [0.25, 0.3) is 0 Å². The number of rotatable bonds is 12. The van der Waals surface area contributed by atoms with Gasteiger partial charge in [-0.1, -0.05) is 19.8 Å². The number of benzene rings is 2. The highest BCUT2D eigenvalue weighted by molar-refractivity contribution is 7.89. The highest BCUT2D eigenvalue weighted by Crippen LogP contribution is 2.29. The fourth-order valence-corrected chi connectivity index (χ4v) is 3.61. The van der Waals surface area contributed by atoms with E-state index in [1.807, 2.05) is 0 Å². The maximum atomic E-state index is 12.6. The summed E-state index contributed by atoms with van der Waals surface area (Å²) in [7, 11) is 0.436. The molecule has 0 heterocycles. The van der Waals surface area contributed by atoms with E-state index in [9.17, 15) is 8.42 Å². The highest BCUT2D eigenvalue weighted by atomic mass is 32.2. The molecule has 0 aliphatic heterocycles. The second kappa shape index (κ2) is 11.3. The maximum Gasteiger partial charge on any atom is 0.280 e. The Bertz CT molecular complexity index is 960. The lowest BCUT2D eigenvalue weighted by Crippen LogP contribution is -2.19. The molecule has 0 radical (unpaired) electrons. The van der Waals surface area contributed by atoms with E-state index in [1.54, 1.807) is 31.4 Å². The van der Waals surface area contributed by atoms with Crippen molar-refractivity contribution in [3.05, 3.63) is 42.0 Å². The molecule has 8 nitrogen and oxygen atoms in total. The van der Waals surface area contributed by atoms with Gasteiger partial charge in [0.1, 0.15) is 16.4 Å². The molecule has 9 heteroatoms. The van der Waals surface area contributed by atoms with E-state index < -0.39 is 10.0 Å². The molecule has 0 fully saturated rings. The van der Waals surface area contributed by atoms with Crippen molar-refractivity contribution in [2.75, 3.05) is 27.9 Å². The lowest BCUT2D eigenvalue weighted by Gasteiger charge is -2.11. The largest absolute Gasteiger partial charge is 0.497 e. The minimum absolute atomic E-state index is 0.0742. The summed E-state index contributed by atoms with van der Waals surface area (Å²) in [6, 6.07) is 9.75. The number of unbranched alkanes of at least 4 members (excludes halogenated alkanes) is 2. The first-order valence-corrected chi connectivity index (χ1v) is 11.0. The van der Waals surface area contributed by atoms with E-state index in [4.69, 9.17) is 18.9 Å². The van der Waals surface area contributed by atoms with Crippen LogP contribution < -0.4 is 23.8 Å². The number of sulfonamides is 1. The summed E-state index contributed by atoms with van der Waals surface area (Å²) in [5.41, 5.74) is 0.646. The van der Waals surface area contributed by atoms with Gasteiger partial charge in [0.2, 0.25) is 0 Å². The molecule has 30 heavy (non-hydrogen) atoms. The van der Waals surface area contributed by atoms with Gasteiger partial charge in [0, 0.05) is 6.07 Å². The zero-order chi connectivity index (χ0) is 22.0. The average molecular weight is 437 g/mol. The van der Waals surface area contributed by atoms with Gasteiger partial charge in [-0.25, -0.2) is 0 Å². The predicted octanol–water partition coefficient (Wildman–Crippen LogP) is 3.59. The van der Waals surface area contributed by atoms with Crippen molar-refractivity contribution in [3.63, 3.8) is 0 Å². The third-order valence-electron chi connectivity index (χ3n) is 4.24. The Kier molecular flexibility index (Phi) is 8.79. The molecule has 1 N–H and O–H groups in total. The van der Waals surface area contributed by atoms with Crippen molar-refractivity contribution in [1.82, 2.24) is 4.83 Å². The van der Waals surface area contributed by atoms with Crippen molar-refractivity contribution in [2.24, 2.45) is 5.10 Å². The summed E-state index contributed by atoms with van der Waals surface area (Å²) in [5.74, 6) is 1.75. The molecule has 0 saturated carbocycles. The lowest BCUT2D eigenvalue weighted by atomic mass is 10.2. The zero-order valence-corrected chi connectivity index (χ0v) is 18.5. The molecule has 164 valence electrons. The van der Waals surface area contributed by atoms with Crippen LogP contribution in [0.4, 0.5) is 0 Å². The number of hydrogen-bond acceptors (Lipinski definition) is 7. The van der Waals surface area contributed by atoms with Crippen molar-refractivity contribution < 1.29 is 27.4 Å². The molecule has 0 spiro atoms. The molecule has 0 aliphatic rings. The normalized spacial score (nSPS) is 11.3. The van der Waals surface area contributed by atoms with Gasteiger partial charge in [-0.2, -0.15) is 18.4 Å². The van der Waals surface area contributed by atoms with Crippen LogP contribution in [0.2, 0.25) is 0 Å². The van der Waals surface area contributed by atoms with Crippen LogP contribution in [0.1, 0.15) is 31.7 Å². The van der Waals surface area contributed by atoms with Crippen molar-refractivity contribution in [1.29, 1.82) is 0 Å². The monoisotopic (exact) mass is 436 g/mol. The number of ether oxygens (including phenoxy) is 4. The molecule has 0 amide bonds. The SMILES string of the molecule is CCCCCOc1ccc(/C=N/NS(=O)(=O)c2cc(OC)ccc2OC)cc1OC. The van der Waals surface area contributed by atoms with Crippen LogP contribution in [-0.2, 0) is 10.0 Å². The van der Waals surface area contributed by atoms with Gasteiger partial charge in [0.15, 0.2) is 11.5 Å². The summed E-state index contributed by atoms with van der Waals surface area (Å²) in [4.78, 5) is 2.11. The van der Waals surface area contributed by atoms with Crippen LogP contribution in [-0.4, -0.2) is 42.6 Å². The van der Waals surface area contributed by atoms with Crippen LogP contribution in [0.5, 0.6) is 23.0 Å². The Morgan fingerprint density at radius 3 is 2.33 bits per heavy atom. The molecule has 0 aromatic heterocycles. The first-order chi connectivity index (χ1) is 14.4. The molecule has 2 rings (SSSR count). The quantitative estimate of drug-likeness (QED) is 0.310. The van der Waals surface area contributed by atoms with Gasteiger partial charge in [-0.15, -0.1) is 0 Å². The Morgan fingerprint density at radius 2 is 1.67 bits per heavy atom. The highest BCUT2D eigenvalue weighted by Gasteiger charge is 2.20. The van der Waals surface area contributed by atoms with Gasteiger partial charge in [0.25, 0.3) is 10.0 Å². The topological polar surface area (TPSA) is 95.5 Å². The zero-order valence-electron chi connectivity index (χ0n) is 17.7. The van der Waals surface area contributed by atoms with E-state index in [0.717, 1.165) is 19.3 Å². The summed E-state index contributed by atoms with van der Waals surface area (Å²) in [6.07, 6.45) is 4.57. The second-order valence-electron chi connectivity index (χ2n) is 6.34. The van der Waals surface area contributed by atoms with Crippen LogP contribution in [0, 0.1) is 0 Å². The first kappa shape index (κ1) is 23.3. The van der Waals surface area contributed by atoms with Gasteiger partial charge in [-0.05, 0) is 42.3 Å². The number of methoxy groups -OCH3 is 3. The fraction of sp³-hybridized carbons (Fsp3) is 0.381. The fourth-order valence-electron chi connectivity index (χ4n) is 2.63. The predicted molar refractivity (Wildman–Crippen MR) is 115 cm³/mol. The molecule has 0 aliphatic carbocycles. The minimum atomic E-state index is -3.96. The standard InChI is InChI=1S/C21H28N2O6S/c1-5-6-7-12-29-18-10-8-16(13-20(18)28-4)15-22-23-30(24,25)21-14-17(26-2)9-11-19(21)27-3/h8-11,13-15,23H,5-7,12H2,1-4H3/b22-15+. The smallest absolute Gasteiger partial charge is 0.280 e. The second-order valence-corrected chi connectivity index (χ2v) is 7.96. The number of hydrogen-bond donors (Lipinski definition) is 1. The van der Waals surface area contributed by atoms with Crippen molar-refractivity contribution in [3.8, 4) is 23.0 Å². The number of hydrazone groups is 1. The molecule has 0 bridgehead atoms. The van der Waals surface area contributed by atoms with Gasteiger partial charge >= 0.3 is 0 Å². The molecule has 2 aromatic rings. The van der Waals surface area contributed by atoms with Crippen LogP contribution in [0.3, 0.4) is 0 Å². The van der Waals surface area contributed by atoms with Gasteiger partial charge < -0.3 is 18.9 Å². The van der Waals surface area contributed by atoms with E-state index >= 15 is 0 Å². The van der Waals surface area contributed by atoms with Gasteiger partial charge in [-0.3, -0.25) is 0 Å². The third-order valence-corrected chi connectivity index (χ3v) is 5.48. The Hall–Kier alpha value is -2.94. The van der Waals surface area contributed by atoms with E-state index in [-0.39, 0.29) is 10.6 Å². The average Bonchev–Trinajstić information content (AvgIpc) is 2.76. The Balaban J connectivity index is 2.12. The van der Waals surface area contributed by atoms with E-state index in [0.29, 0.717) is 29.4 Å². The molecular weight excluding hydrogens is 408 g/mol. The van der Waals surface area contributed by atoms with Gasteiger partial charge in [0.05, 0.1) is 34.2 Å². The molecule has 0 unspecified atom stereocenters. The van der Waals surface area contributed by atoms with E-state index in [2.05, 4.69) is 16.9 Å². The molecule has 2 aromatic carbocycles. The number of nitrogens with one attached hydrogen (secondary N) is 1. The summed E-state index contributed by atoms with van der Waals surface area (Å²) < 4.78 is 46.5. The third kappa shape index (κ3) is 6.28. The summed E-state index contributed by atoms with van der Waals surface area (Å²) in [5, 5.41) is 3.86. The summed E-state index contributed by atoms with van der Waals surface area (Å²) in [6.45, 7) is 2.74. The summed E-state index contributed by atoms with van der Waals surface area (Å²) >= 11 is 0. The molecular formula is C21H28N2O6S. The van der Waals surface area contributed by atoms with Crippen molar-refractivity contribution >= 4 is 16.2 Å². The maximum absolute atomic E-state index is 12.6. The lowest BCUT2D eigenvalue weighted by molar-refractivity contribution is 0.286. The molecule has 0 atom stereocenters. The first-order valence-electron chi connectivity index (χ1n) is 9.53. The Morgan fingerprint density at radius 1 is 0.933 bits per heavy atom. The van der Waals surface area contributed by atoms with Crippen molar-refractivity contribution in [2.45, 2.75) is 31.1 Å². The minimum Gasteiger partial charge on any atom is -0.497 e.